The molecule has 0 aliphatic rings. The molecule has 0 amide bonds. The molecule has 92 valence electrons. The summed E-state index contributed by atoms with van der Waals surface area (Å²) in [6.07, 6.45) is 0. The molecule has 0 unspecified atom stereocenters. The highest BCUT2D eigenvalue weighted by Crippen LogP contribution is 2.23. The molecular weight excluding hydrogens is 284 g/mol. The van der Waals surface area contributed by atoms with Crippen molar-refractivity contribution >= 4 is 34.9 Å². The number of aromatic nitrogens is 4. The van der Waals surface area contributed by atoms with E-state index in [9.17, 15) is 0 Å². The van der Waals surface area contributed by atoms with Crippen molar-refractivity contribution in [1.82, 2.24) is 19.7 Å². The minimum Gasteiger partial charge on any atom is -0.293 e. The van der Waals surface area contributed by atoms with E-state index >= 15 is 0 Å². The van der Waals surface area contributed by atoms with Crippen LogP contribution in [0.2, 0.25) is 0 Å². The van der Waals surface area contributed by atoms with Gasteiger partial charge < -0.3 is 0 Å². The quantitative estimate of drug-likeness (QED) is 0.752. The zero-order valence-corrected chi connectivity index (χ0v) is 12.0. The molecule has 3 aromatic heterocycles. The highest BCUT2D eigenvalue weighted by molar-refractivity contribution is 7.71. The fourth-order valence-electron chi connectivity index (χ4n) is 1.70. The predicted octanol–water partition coefficient (Wildman–Crippen LogP) is 3.48. The van der Waals surface area contributed by atoms with E-state index in [0.717, 1.165) is 21.4 Å². The van der Waals surface area contributed by atoms with Crippen LogP contribution >= 0.6 is 34.9 Å². The Hall–Kier alpha value is -1.31. The molecule has 0 fully saturated rings. The van der Waals surface area contributed by atoms with Crippen molar-refractivity contribution < 1.29 is 0 Å². The second kappa shape index (κ2) is 4.75. The highest BCUT2D eigenvalue weighted by Gasteiger charge is 2.11. The first-order valence-electron chi connectivity index (χ1n) is 5.34. The van der Waals surface area contributed by atoms with Crippen molar-refractivity contribution in [2.75, 3.05) is 0 Å². The number of H-pyrrole nitrogens is 1. The molecule has 3 aromatic rings. The lowest BCUT2D eigenvalue weighted by atomic mass is 10.4. The number of nitrogens with zero attached hydrogens (tertiary/aromatic N) is 3. The Bertz CT molecular complexity index is 705. The summed E-state index contributed by atoms with van der Waals surface area (Å²) in [6, 6.07) is 4.05. The number of thiazole rings is 1. The van der Waals surface area contributed by atoms with E-state index in [2.05, 4.69) is 20.6 Å². The summed E-state index contributed by atoms with van der Waals surface area (Å²) in [5.74, 6) is 0.876. The lowest BCUT2D eigenvalue weighted by molar-refractivity contribution is 0.772. The zero-order chi connectivity index (χ0) is 12.5. The average Bonchev–Trinajstić information content (AvgIpc) is 3.03. The number of thiophene rings is 1. The van der Waals surface area contributed by atoms with E-state index in [-0.39, 0.29) is 0 Å². The van der Waals surface area contributed by atoms with Gasteiger partial charge in [-0.3, -0.25) is 9.67 Å². The maximum atomic E-state index is 5.28. The third kappa shape index (κ3) is 2.16. The van der Waals surface area contributed by atoms with Gasteiger partial charge in [0.15, 0.2) is 10.6 Å². The third-order valence-corrected chi connectivity index (χ3v) is 4.49. The average molecular weight is 294 g/mol. The van der Waals surface area contributed by atoms with Gasteiger partial charge in [-0.05, 0) is 30.6 Å². The van der Waals surface area contributed by atoms with Crippen LogP contribution in [0.15, 0.2) is 22.9 Å². The summed E-state index contributed by atoms with van der Waals surface area (Å²) in [5.41, 5.74) is 1.02. The molecule has 7 heteroatoms. The van der Waals surface area contributed by atoms with Crippen LogP contribution in [0.1, 0.15) is 10.7 Å². The van der Waals surface area contributed by atoms with Gasteiger partial charge in [-0.2, -0.15) is 5.10 Å². The molecule has 4 nitrogen and oxygen atoms in total. The fraction of sp³-hybridized carbons (Fsp3) is 0.182. The number of aromatic amines is 1. The van der Waals surface area contributed by atoms with Gasteiger partial charge in [-0.25, -0.2) is 4.98 Å². The summed E-state index contributed by atoms with van der Waals surface area (Å²) in [7, 11) is 0. The summed E-state index contributed by atoms with van der Waals surface area (Å²) in [4.78, 5) is 5.57. The van der Waals surface area contributed by atoms with E-state index in [1.807, 2.05) is 29.0 Å². The molecule has 1 N–H and O–H groups in total. The van der Waals surface area contributed by atoms with E-state index in [4.69, 9.17) is 12.2 Å². The molecule has 3 heterocycles. The largest absolute Gasteiger partial charge is 0.293 e. The number of aryl methyl sites for hydroxylation is 1. The molecule has 0 saturated carbocycles. The zero-order valence-electron chi connectivity index (χ0n) is 9.58. The van der Waals surface area contributed by atoms with Gasteiger partial charge in [0, 0.05) is 5.38 Å². The van der Waals surface area contributed by atoms with Crippen molar-refractivity contribution in [3.8, 4) is 10.7 Å². The van der Waals surface area contributed by atoms with Gasteiger partial charge in [0.25, 0.3) is 0 Å². The molecule has 0 saturated heterocycles. The first kappa shape index (κ1) is 11.8. The smallest absolute Gasteiger partial charge is 0.195 e. The lowest BCUT2D eigenvalue weighted by Crippen LogP contribution is -2.02. The van der Waals surface area contributed by atoms with Crippen LogP contribution in [0.5, 0.6) is 0 Å². The molecule has 3 rings (SSSR count). The number of hydrogen-bond acceptors (Lipinski definition) is 5. The molecule has 0 aromatic carbocycles. The molecule has 0 radical (unpaired) electrons. The summed E-state index contributed by atoms with van der Waals surface area (Å²) >= 11 is 8.58. The Morgan fingerprint density at radius 2 is 2.33 bits per heavy atom. The van der Waals surface area contributed by atoms with Gasteiger partial charge in [-0.1, -0.05) is 6.07 Å². The number of hydrogen-bond donors (Lipinski definition) is 1. The van der Waals surface area contributed by atoms with E-state index in [1.54, 1.807) is 22.7 Å². The fourth-order valence-corrected chi connectivity index (χ4v) is 3.22. The minimum absolute atomic E-state index is 0.629. The van der Waals surface area contributed by atoms with Crippen molar-refractivity contribution in [2.24, 2.45) is 0 Å². The first-order chi connectivity index (χ1) is 8.74. The van der Waals surface area contributed by atoms with Crippen molar-refractivity contribution in [1.29, 1.82) is 0 Å². The molecule has 0 atom stereocenters. The van der Waals surface area contributed by atoms with E-state index < -0.39 is 0 Å². The van der Waals surface area contributed by atoms with Crippen LogP contribution < -0.4 is 0 Å². The van der Waals surface area contributed by atoms with Crippen molar-refractivity contribution in [3.05, 3.63) is 38.4 Å². The second-order valence-electron chi connectivity index (χ2n) is 3.77. The van der Waals surface area contributed by atoms with Crippen molar-refractivity contribution in [2.45, 2.75) is 13.5 Å². The number of rotatable bonds is 3. The highest BCUT2D eigenvalue weighted by atomic mass is 32.1. The molecule has 0 aliphatic heterocycles. The molecule has 0 aliphatic carbocycles. The Kier molecular flexibility index (Phi) is 3.11. The third-order valence-electron chi connectivity index (χ3n) is 2.49. The van der Waals surface area contributed by atoms with E-state index in [1.165, 1.54) is 0 Å². The maximum Gasteiger partial charge on any atom is 0.195 e. The Labute approximate surface area is 117 Å². The van der Waals surface area contributed by atoms with Gasteiger partial charge in [-0.15, -0.1) is 22.7 Å². The van der Waals surface area contributed by atoms with Crippen LogP contribution in [0.4, 0.5) is 0 Å². The summed E-state index contributed by atoms with van der Waals surface area (Å²) in [5, 5.41) is 12.3. The normalized spacial score (nSPS) is 10.9. The van der Waals surface area contributed by atoms with Gasteiger partial charge >= 0.3 is 0 Å². The Morgan fingerprint density at radius 1 is 1.44 bits per heavy atom. The molecule has 0 spiro atoms. The summed E-state index contributed by atoms with van der Waals surface area (Å²) < 4.78 is 2.61. The molecular formula is C11H10N4S3. The van der Waals surface area contributed by atoms with Crippen LogP contribution in [0.3, 0.4) is 0 Å². The molecule has 18 heavy (non-hydrogen) atoms. The van der Waals surface area contributed by atoms with Crippen molar-refractivity contribution in [3.63, 3.8) is 0 Å². The van der Waals surface area contributed by atoms with Crippen LogP contribution in [-0.4, -0.2) is 19.7 Å². The topological polar surface area (TPSA) is 46.5 Å². The van der Waals surface area contributed by atoms with Gasteiger partial charge in [0.1, 0.15) is 0 Å². The summed E-state index contributed by atoms with van der Waals surface area (Å²) in [6.45, 7) is 2.66. The predicted molar refractivity (Wildman–Crippen MR) is 76.7 cm³/mol. The van der Waals surface area contributed by atoms with Gasteiger partial charge in [0.05, 0.1) is 22.1 Å². The first-order valence-corrected chi connectivity index (χ1v) is 7.51. The monoisotopic (exact) mass is 294 g/mol. The SMILES string of the molecule is Cc1nc(Cn2c(-c3cccs3)n[nH]c2=S)cs1. The minimum atomic E-state index is 0.629. The van der Waals surface area contributed by atoms with Crippen LogP contribution in [0, 0.1) is 11.7 Å². The van der Waals surface area contributed by atoms with Crippen LogP contribution in [0.25, 0.3) is 10.7 Å². The standard InChI is InChI=1S/C11H10N4S3/c1-7-12-8(6-18-7)5-15-10(13-14-11(15)16)9-3-2-4-17-9/h2-4,6H,5H2,1H3,(H,14,16). The van der Waals surface area contributed by atoms with Crippen LogP contribution in [-0.2, 0) is 6.54 Å². The Morgan fingerprint density at radius 3 is 3.00 bits per heavy atom. The van der Waals surface area contributed by atoms with E-state index in [0.29, 0.717) is 11.3 Å². The van der Waals surface area contributed by atoms with Gasteiger partial charge in [0.2, 0.25) is 0 Å². The number of nitrogens with one attached hydrogen (secondary N) is 1. The second-order valence-corrected chi connectivity index (χ2v) is 6.17. The Balaban J connectivity index is 2.01. The lowest BCUT2D eigenvalue weighted by Gasteiger charge is -2.02. The molecule has 0 bridgehead atoms. The maximum absolute atomic E-state index is 5.28.